The standard InChI is InChI=1S/C18H30N6O5S2/c1-9(2)3-12(18(28)29)22-16(26)14(7-31)24-17(27)13(6-30)23-15(25)11(19)4-10-5-20-8-21-10/h5,8-9,11-14,30-31H,3-4,6-7,19H2,1-2H3,(H,20,21)(H,22,26)(H,23,25)(H,24,27)(H,28,29). The summed E-state index contributed by atoms with van der Waals surface area (Å²) in [5.74, 6) is -3.16. The van der Waals surface area contributed by atoms with Crippen molar-refractivity contribution in [1.29, 1.82) is 0 Å². The zero-order valence-electron chi connectivity index (χ0n) is 17.4. The lowest BCUT2D eigenvalue weighted by atomic mass is 10.0. The fraction of sp³-hybridized carbons (Fsp3) is 0.611. The molecule has 1 heterocycles. The molecular weight excluding hydrogens is 444 g/mol. The van der Waals surface area contributed by atoms with Crippen LogP contribution in [0.2, 0.25) is 0 Å². The number of H-pyrrole nitrogens is 1. The molecule has 0 aromatic carbocycles. The maximum Gasteiger partial charge on any atom is 0.326 e. The van der Waals surface area contributed by atoms with E-state index in [4.69, 9.17) is 5.73 Å². The first-order valence-corrected chi connectivity index (χ1v) is 10.9. The summed E-state index contributed by atoms with van der Waals surface area (Å²) < 4.78 is 0. The van der Waals surface area contributed by atoms with Crippen LogP contribution in [0, 0.1) is 5.92 Å². The number of hydrogen-bond donors (Lipinski definition) is 8. The zero-order valence-corrected chi connectivity index (χ0v) is 19.2. The maximum atomic E-state index is 12.6. The Morgan fingerprint density at radius 3 is 1.97 bits per heavy atom. The van der Waals surface area contributed by atoms with E-state index < -0.39 is 47.9 Å². The van der Waals surface area contributed by atoms with Crippen LogP contribution in [-0.4, -0.2) is 74.4 Å². The van der Waals surface area contributed by atoms with Crippen molar-refractivity contribution in [2.45, 2.75) is 50.9 Å². The number of carbonyl (C=O) groups is 4. The van der Waals surface area contributed by atoms with Crippen LogP contribution in [-0.2, 0) is 25.6 Å². The van der Waals surface area contributed by atoms with Crippen molar-refractivity contribution in [3.63, 3.8) is 0 Å². The SMILES string of the molecule is CC(C)CC(NC(=O)C(CS)NC(=O)C(CS)NC(=O)C(N)Cc1cnc[nH]1)C(=O)O. The zero-order chi connectivity index (χ0) is 23.6. The molecule has 0 saturated carbocycles. The lowest BCUT2D eigenvalue weighted by Gasteiger charge is -2.24. The number of nitrogens with zero attached hydrogens (tertiary/aromatic N) is 1. The minimum atomic E-state index is -1.17. The first-order valence-electron chi connectivity index (χ1n) is 9.67. The van der Waals surface area contributed by atoms with Crippen LogP contribution in [0.15, 0.2) is 12.5 Å². The molecule has 1 aromatic heterocycles. The smallest absolute Gasteiger partial charge is 0.326 e. The van der Waals surface area contributed by atoms with Crippen LogP contribution in [0.3, 0.4) is 0 Å². The fourth-order valence-corrected chi connectivity index (χ4v) is 3.14. The number of aromatic amines is 1. The van der Waals surface area contributed by atoms with Crippen molar-refractivity contribution in [3.05, 3.63) is 18.2 Å². The third-order valence-electron chi connectivity index (χ3n) is 4.28. The van der Waals surface area contributed by atoms with Gasteiger partial charge in [0, 0.05) is 29.8 Å². The van der Waals surface area contributed by atoms with Gasteiger partial charge in [0.05, 0.1) is 12.4 Å². The monoisotopic (exact) mass is 474 g/mol. The lowest BCUT2D eigenvalue weighted by Crippen LogP contribution is -2.58. The first-order chi connectivity index (χ1) is 14.6. The van der Waals surface area contributed by atoms with Crippen molar-refractivity contribution >= 4 is 48.9 Å². The second kappa shape index (κ2) is 13.2. The summed E-state index contributed by atoms with van der Waals surface area (Å²) in [5, 5.41) is 16.6. The summed E-state index contributed by atoms with van der Waals surface area (Å²) >= 11 is 8.15. The van der Waals surface area contributed by atoms with Crippen molar-refractivity contribution in [3.8, 4) is 0 Å². The molecule has 31 heavy (non-hydrogen) atoms. The highest BCUT2D eigenvalue weighted by Gasteiger charge is 2.29. The van der Waals surface area contributed by atoms with Crippen LogP contribution in [0.4, 0.5) is 0 Å². The van der Waals surface area contributed by atoms with E-state index in [0.717, 1.165) is 0 Å². The molecule has 0 aliphatic heterocycles. The number of aromatic nitrogens is 2. The number of carbonyl (C=O) groups excluding carboxylic acids is 3. The Kier molecular flexibility index (Phi) is 11.4. The van der Waals surface area contributed by atoms with Crippen LogP contribution >= 0.6 is 25.3 Å². The van der Waals surface area contributed by atoms with Gasteiger partial charge in [-0.3, -0.25) is 14.4 Å². The molecule has 0 radical (unpaired) electrons. The third kappa shape index (κ3) is 9.19. The molecule has 0 saturated heterocycles. The largest absolute Gasteiger partial charge is 0.480 e. The Labute approximate surface area is 191 Å². The summed E-state index contributed by atoms with van der Waals surface area (Å²) in [4.78, 5) is 55.4. The van der Waals surface area contributed by atoms with Crippen LogP contribution in [0.5, 0.6) is 0 Å². The number of imidazole rings is 1. The molecular formula is C18H30N6O5S2. The number of nitrogens with two attached hydrogens (primary N) is 1. The van der Waals surface area contributed by atoms with Crippen molar-refractivity contribution in [1.82, 2.24) is 25.9 Å². The highest BCUT2D eigenvalue weighted by Crippen LogP contribution is 2.06. The molecule has 0 aliphatic rings. The van der Waals surface area contributed by atoms with E-state index in [1.807, 2.05) is 13.8 Å². The molecule has 0 fully saturated rings. The van der Waals surface area contributed by atoms with E-state index in [2.05, 4.69) is 51.2 Å². The molecule has 1 rings (SSSR count). The van der Waals surface area contributed by atoms with E-state index in [1.54, 1.807) is 0 Å². The van der Waals surface area contributed by atoms with Gasteiger partial charge in [-0.05, 0) is 12.3 Å². The molecule has 0 aliphatic carbocycles. The number of rotatable bonds is 13. The molecule has 174 valence electrons. The van der Waals surface area contributed by atoms with Gasteiger partial charge in [0.1, 0.15) is 18.1 Å². The number of hydrogen-bond acceptors (Lipinski definition) is 8. The molecule has 7 N–H and O–H groups in total. The topological polar surface area (TPSA) is 179 Å². The number of aliphatic carboxylic acids is 1. The van der Waals surface area contributed by atoms with Crippen LogP contribution in [0.25, 0.3) is 0 Å². The number of carboxylic acids is 1. The van der Waals surface area contributed by atoms with Gasteiger partial charge >= 0.3 is 5.97 Å². The van der Waals surface area contributed by atoms with Gasteiger partial charge in [-0.2, -0.15) is 25.3 Å². The van der Waals surface area contributed by atoms with Gasteiger partial charge in [-0.25, -0.2) is 9.78 Å². The Bertz CT molecular complexity index is 746. The highest BCUT2D eigenvalue weighted by molar-refractivity contribution is 7.80. The minimum absolute atomic E-state index is 0.0413. The van der Waals surface area contributed by atoms with Crippen molar-refractivity contribution in [2.75, 3.05) is 11.5 Å². The van der Waals surface area contributed by atoms with E-state index >= 15 is 0 Å². The number of thiol groups is 2. The van der Waals surface area contributed by atoms with Gasteiger partial charge in [0.25, 0.3) is 0 Å². The van der Waals surface area contributed by atoms with Crippen LogP contribution in [0.1, 0.15) is 26.0 Å². The Morgan fingerprint density at radius 2 is 1.55 bits per heavy atom. The van der Waals surface area contributed by atoms with E-state index in [1.165, 1.54) is 12.5 Å². The number of carboxylic acid groups (broad SMARTS) is 1. The van der Waals surface area contributed by atoms with Gasteiger partial charge in [-0.1, -0.05) is 13.8 Å². The molecule has 0 spiro atoms. The number of amides is 3. The average Bonchev–Trinajstić information content (AvgIpc) is 3.21. The normalized spacial score (nSPS) is 14.9. The van der Waals surface area contributed by atoms with Gasteiger partial charge < -0.3 is 31.8 Å². The molecule has 13 heteroatoms. The lowest BCUT2D eigenvalue weighted by molar-refractivity contribution is -0.142. The molecule has 4 atom stereocenters. The first kappa shape index (κ1) is 26.8. The van der Waals surface area contributed by atoms with Crippen LogP contribution < -0.4 is 21.7 Å². The summed E-state index contributed by atoms with van der Waals surface area (Å²) in [6.07, 6.45) is 3.43. The van der Waals surface area contributed by atoms with E-state index in [0.29, 0.717) is 5.69 Å². The average molecular weight is 475 g/mol. The summed E-state index contributed by atoms with van der Waals surface area (Å²) in [6.45, 7) is 3.66. The van der Waals surface area contributed by atoms with E-state index in [-0.39, 0.29) is 30.3 Å². The van der Waals surface area contributed by atoms with Gasteiger partial charge in [-0.15, -0.1) is 0 Å². The van der Waals surface area contributed by atoms with E-state index in [9.17, 15) is 24.3 Å². The molecule has 11 nitrogen and oxygen atoms in total. The second-order valence-corrected chi connectivity index (χ2v) is 8.13. The summed E-state index contributed by atoms with van der Waals surface area (Å²) in [6, 6.07) is -4.16. The summed E-state index contributed by atoms with van der Waals surface area (Å²) in [7, 11) is 0. The predicted octanol–water partition coefficient (Wildman–Crippen LogP) is -1.28. The molecule has 4 unspecified atom stereocenters. The molecule has 3 amide bonds. The highest BCUT2D eigenvalue weighted by atomic mass is 32.1. The summed E-state index contributed by atoms with van der Waals surface area (Å²) in [5.41, 5.74) is 6.52. The van der Waals surface area contributed by atoms with Crippen molar-refractivity contribution < 1.29 is 24.3 Å². The van der Waals surface area contributed by atoms with Gasteiger partial charge in [0.2, 0.25) is 17.7 Å². The molecule has 1 aromatic rings. The van der Waals surface area contributed by atoms with Crippen molar-refractivity contribution in [2.24, 2.45) is 11.7 Å². The third-order valence-corrected chi connectivity index (χ3v) is 5.01. The fourth-order valence-electron chi connectivity index (χ4n) is 2.63. The number of nitrogens with one attached hydrogen (secondary N) is 4. The maximum absolute atomic E-state index is 12.6. The minimum Gasteiger partial charge on any atom is -0.480 e. The second-order valence-electron chi connectivity index (χ2n) is 7.40. The predicted molar refractivity (Wildman–Crippen MR) is 121 cm³/mol. The van der Waals surface area contributed by atoms with Gasteiger partial charge in [0.15, 0.2) is 0 Å². The Morgan fingerprint density at radius 1 is 1.03 bits per heavy atom. The Hall–Kier alpha value is -2.25. The molecule has 0 bridgehead atoms. The quantitative estimate of drug-likeness (QED) is 0.164. The Balaban J connectivity index is 2.69.